The van der Waals surface area contributed by atoms with Crippen LogP contribution in [0.25, 0.3) is 0 Å². The fraction of sp³-hybridized carbons (Fsp3) is 0.538. The third-order valence-corrected chi connectivity index (χ3v) is 3.11. The first-order valence-corrected chi connectivity index (χ1v) is 5.47. The van der Waals surface area contributed by atoms with Crippen molar-refractivity contribution in [2.45, 2.75) is 32.1 Å². The molecule has 2 atom stereocenters. The molecule has 0 spiro atoms. The van der Waals surface area contributed by atoms with Crippen molar-refractivity contribution in [3.8, 4) is 0 Å². The van der Waals surface area contributed by atoms with Gasteiger partial charge in [-0.2, -0.15) is 0 Å². The maximum Gasteiger partial charge on any atom is -0.0167 e. The second-order valence-corrected chi connectivity index (χ2v) is 4.08. The van der Waals surface area contributed by atoms with Crippen LogP contribution in [0.1, 0.15) is 32.1 Å². The summed E-state index contributed by atoms with van der Waals surface area (Å²) >= 11 is 0. The van der Waals surface area contributed by atoms with E-state index in [1.165, 1.54) is 32.1 Å². The summed E-state index contributed by atoms with van der Waals surface area (Å²) in [6.45, 7) is 0. The first-order chi connectivity index (χ1) is 6.47. The molecule has 2 aliphatic rings. The number of rotatable bonds is 0. The van der Waals surface area contributed by atoms with E-state index < -0.39 is 0 Å². The Labute approximate surface area is 81.0 Å². The average Bonchev–Trinajstić information content (AvgIpc) is 2.59. The minimum absolute atomic E-state index is 0.819. The normalized spacial score (nSPS) is 40.6. The predicted molar refractivity (Wildman–Crippen MR) is 57.5 cm³/mol. The largest absolute Gasteiger partial charge is 0.0879 e. The van der Waals surface area contributed by atoms with Gasteiger partial charge in [0.2, 0.25) is 0 Å². The molecule has 0 bridgehead atoms. The molecule has 70 valence electrons. The Kier molecular flexibility index (Phi) is 3.02. The second-order valence-electron chi connectivity index (χ2n) is 4.08. The number of hydrogen-bond donors (Lipinski definition) is 0. The second kappa shape index (κ2) is 4.45. The van der Waals surface area contributed by atoms with Crippen LogP contribution in [0.2, 0.25) is 0 Å². The Bertz CT molecular complexity index is 232. The van der Waals surface area contributed by atoms with Crippen LogP contribution in [0.15, 0.2) is 36.5 Å². The molecule has 2 aliphatic carbocycles. The van der Waals surface area contributed by atoms with E-state index in [2.05, 4.69) is 36.5 Å². The Morgan fingerprint density at radius 1 is 0.769 bits per heavy atom. The lowest BCUT2D eigenvalue weighted by Gasteiger charge is -2.11. The lowest BCUT2D eigenvalue weighted by atomic mass is 9.94. The van der Waals surface area contributed by atoms with Crippen LogP contribution in [0, 0.1) is 11.8 Å². The molecule has 0 N–H and O–H groups in total. The smallest absolute Gasteiger partial charge is 0.0167 e. The fourth-order valence-corrected chi connectivity index (χ4v) is 2.34. The zero-order chi connectivity index (χ0) is 8.93. The van der Waals surface area contributed by atoms with Crippen molar-refractivity contribution in [1.82, 2.24) is 0 Å². The molecule has 0 aromatic rings. The van der Waals surface area contributed by atoms with Crippen LogP contribution in [0.3, 0.4) is 0 Å². The minimum Gasteiger partial charge on any atom is -0.0879 e. The number of fused-ring (bicyclic) bond motifs is 1. The molecule has 1 fully saturated rings. The van der Waals surface area contributed by atoms with Crippen molar-refractivity contribution in [1.29, 1.82) is 0 Å². The summed E-state index contributed by atoms with van der Waals surface area (Å²) < 4.78 is 0. The van der Waals surface area contributed by atoms with Gasteiger partial charge >= 0.3 is 0 Å². The van der Waals surface area contributed by atoms with E-state index in [-0.39, 0.29) is 0 Å². The van der Waals surface area contributed by atoms with E-state index in [0.29, 0.717) is 0 Å². The highest BCUT2D eigenvalue weighted by Crippen LogP contribution is 2.34. The molecule has 2 rings (SSSR count). The van der Waals surface area contributed by atoms with Crippen LogP contribution in [0.5, 0.6) is 0 Å². The molecular weight excluding hydrogens is 156 g/mol. The topological polar surface area (TPSA) is 0 Å². The molecule has 13 heavy (non-hydrogen) atoms. The zero-order valence-corrected chi connectivity index (χ0v) is 8.15. The molecule has 0 saturated heterocycles. The van der Waals surface area contributed by atoms with Gasteiger partial charge in [0.15, 0.2) is 0 Å². The van der Waals surface area contributed by atoms with E-state index in [4.69, 9.17) is 0 Å². The summed E-state index contributed by atoms with van der Waals surface area (Å²) in [4.78, 5) is 0. The zero-order valence-electron chi connectivity index (χ0n) is 8.15. The summed E-state index contributed by atoms with van der Waals surface area (Å²) in [5.41, 5.74) is 0. The quantitative estimate of drug-likeness (QED) is 0.489. The van der Waals surface area contributed by atoms with Crippen LogP contribution < -0.4 is 0 Å². The average molecular weight is 174 g/mol. The van der Waals surface area contributed by atoms with Gasteiger partial charge in [0.25, 0.3) is 0 Å². The lowest BCUT2D eigenvalue weighted by Crippen LogP contribution is -2.01. The third-order valence-electron chi connectivity index (χ3n) is 3.11. The van der Waals surface area contributed by atoms with Crippen molar-refractivity contribution < 1.29 is 0 Å². The van der Waals surface area contributed by atoms with Gasteiger partial charge in [0.05, 0.1) is 0 Å². The maximum absolute atomic E-state index is 2.45. The monoisotopic (exact) mass is 174 g/mol. The van der Waals surface area contributed by atoms with E-state index in [1.54, 1.807) is 0 Å². The fourth-order valence-electron chi connectivity index (χ4n) is 2.34. The minimum atomic E-state index is 0.819. The van der Waals surface area contributed by atoms with Crippen molar-refractivity contribution in [3.63, 3.8) is 0 Å². The van der Waals surface area contributed by atoms with E-state index in [9.17, 15) is 0 Å². The SMILES string of the molecule is C1=C\[C@@H]2CCC[C@@H]2/C=C/CC/C=C/1. The Balaban J connectivity index is 2.09. The summed E-state index contributed by atoms with van der Waals surface area (Å²) in [6, 6.07) is 0. The lowest BCUT2D eigenvalue weighted by molar-refractivity contribution is 0.556. The molecule has 0 amide bonds. The van der Waals surface area contributed by atoms with Gasteiger partial charge in [0, 0.05) is 0 Å². The van der Waals surface area contributed by atoms with E-state index in [1.807, 2.05) is 0 Å². The molecule has 0 aliphatic heterocycles. The van der Waals surface area contributed by atoms with Gasteiger partial charge in [-0.15, -0.1) is 0 Å². The molecule has 0 heteroatoms. The first kappa shape index (κ1) is 8.80. The Hall–Kier alpha value is -0.780. The molecule has 0 radical (unpaired) electrons. The van der Waals surface area contributed by atoms with Crippen molar-refractivity contribution in [2.75, 3.05) is 0 Å². The summed E-state index contributed by atoms with van der Waals surface area (Å²) in [6.07, 6.45) is 20.5. The Morgan fingerprint density at radius 2 is 1.54 bits per heavy atom. The molecule has 0 nitrogen and oxygen atoms in total. The third kappa shape index (κ3) is 2.33. The molecule has 0 aromatic carbocycles. The molecule has 0 heterocycles. The number of allylic oxidation sites excluding steroid dienone is 6. The van der Waals surface area contributed by atoms with Crippen molar-refractivity contribution in [2.24, 2.45) is 11.8 Å². The molecular formula is C13H18. The summed E-state index contributed by atoms with van der Waals surface area (Å²) in [5.74, 6) is 1.65. The van der Waals surface area contributed by atoms with Crippen LogP contribution in [-0.4, -0.2) is 0 Å². The van der Waals surface area contributed by atoms with Crippen LogP contribution in [-0.2, 0) is 0 Å². The maximum atomic E-state index is 2.45. The highest BCUT2D eigenvalue weighted by molar-refractivity contribution is 5.10. The highest BCUT2D eigenvalue weighted by Gasteiger charge is 2.22. The van der Waals surface area contributed by atoms with Crippen molar-refractivity contribution >= 4 is 0 Å². The number of hydrogen-bond acceptors (Lipinski definition) is 0. The Morgan fingerprint density at radius 3 is 2.46 bits per heavy atom. The van der Waals surface area contributed by atoms with E-state index >= 15 is 0 Å². The first-order valence-electron chi connectivity index (χ1n) is 5.47. The van der Waals surface area contributed by atoms with Gasteiger partial charge < -0.3 is 0 Å². The van der Waals surface area contributed by atoms with Gasteiger partial charge in [-0.1, -0.05) is 42.9 Å². The standard InChI is InChI=1S/C13H18/c1-2-4-6-9-13-11-7-10-12(13)8-5-3-1/h1,3,5-6,8-9,12-13H,2,4,7,10-11H2/b3-1+,8-5-,9-6+/t12-,13+/m1/s1. The van der Waals surface area contributed by atoms with Gasteiger partial charge in [0.1, 0.15) is 0 Å². The molecule has 1 saturated carbocycles. The van der Waals surface area contributed by atoms with Gasteiger partial charge in [-0.05, 0) is 37.5 Å². The van der Waals surface area contributed by atoms with Crippen LogP contribution in [0.4, 0.5) is 0 Å². The van der Waals surface area contributed by atoms with Gasteiger partial charge in [-0.3, -0.25) is 0 Å². The predicted octanol–water partition coefficient (Wildman–Crippen LogP) is 3.87. The molecule has 0 aromatic heterocycles. The highest BCUT2D eigenvalue weighted by atomic mass is 14.3. The van der Waals surface area contributed by atoms with E-state index in [0.717, 1.165) is 11.8 Å². The molecule has 0 unspecified atom stereocenters. The van der Waals surface area contributed by atoms with Crippen molar-refractivity contribution in [3.05, 3.63) is 36.5 Å². The summed E-state index contributed by atoms with van der Waals surface area (Å²) in [5, 5.41) is 0. The van der Waals surface area contributed by atoms with Crippen LogP contribution >= 0.6 is 0 Å². The summed E-state index contributed by atoms with van der Waals surface area (Å²) in [7, 11) is 0. The van der Waals surface area contributed by atoms with Gasteiger partial charge in [-0.25, -0.2) is 0 Å².